The molecule has 1 unspecified atom stereocenters. The molecule has 1 nitrogen and oxygen atoms in total. The quantitative estimate of drug-likeness (QED) is 0.596. The van der Waals surface area contributed by atoms with Gasteiger partial charge in [0.1, 0.15) is 0 Å². The van der Waals surface area contributed by atoms with E-state index in [-0.39, 0.29) is 5.41 Å². The summed E-state index contributed by atoms with van der Waals surface area (Å²) in [4.78, 5) is 11.6. The summed E-state index contributed by atoms with van der Waals surface area (Å²) in [6, 6.07) is 0. The summed E-state index contributed by atoms with van der Waals surface area (Å²) in [5.41, 5.74) is 1.17. The van der Waals surface area contributed by atoms with Gasteiger partial charge in [0, 0.05) is 6.42 Å². The van der Waals surface area contributed by atoms with Gasteiger partial charge in [-0.25, -0.2) is 0 Å². The number of hydrogen-bond acceptors (Lipinski definition) is 1. The normalized spacial score (nSPS) is 30.0. The maximum absolute atomic E-state index is 11.6. The Morgan fingerprint density at radius 1 is 1.54 bits per heavy atom. The highest BCUT2D eigenvalue weighted by Gasteiger charge is 2.40. The van der Waals surface area contributed by atoms with E-state index >= 15 is 0 Å². The zero-order chi connectivity index (χ0) is 10.1. The first-order valence-corrected chi connectivity index (χ1v) is 5.24. The van der Waals surface area contributed by atoms with Gasteiger partial charge >= 0.3 is 0 Å². The standard InChI is InChI=1S/C12H20O/c1-5-6-7-10-11(13)8-9(2)12(10,3)4/h7,9H,5-6,8H2,1-4H3/b10-7-. The van der Waals surface area contributed by atoms with E-state index in [0.29, 0.717) is 11.7 Å². The highest BCUT2D eigenvalue weighted by Crippen LogP contribution is 2.44. The largest absolute Gasteiger partial charge is 0.295 e. The molecular formula is C12H20O. The first-order valence-electron chi connectivity index (χ1n) is 5.24. The average molecular weight is 180 g/mol. The summed E-state index contributed by atoms with van der Waals surface area (Å²) >= 11 is 0. The minimum absolute atomic E-state index is 0.103. The van der Waals surface area contributed by atoms with Gasteiger partial charge in [0.15, 0.2) is 5.78 Å². The molecule has 1 rings (SSSR count). The maximum atomic E-state index is 11.6. The molecule has 1 heteroatoms. The van der Waals surface area contributed by atoms with Crippen LogP contribution in [0.4, 0.5) is 0 Å². The molecule has 0 aromatic carbocycles. The SMILES string of the molecule is CCC/C=C1/C(=O)CC(C)C1(C)C. The Morgan fingerprint density at radius 2 is 2.15 bits per heavy atom. The van der Waals surface area contributed by atoms with Crippen molar-refractivity contribution < 1.29 is 4.79 Å². The van der Waals surface area contributed by atoms with Gasteiger partial charge < -0.3 is 0 Å². The smallest absolute Gasteiger partial charge is 0.159 e. The molecule has 0 bridgehead atoms. The number of carbonyl (C=O) groups is 1. The van der Waals surface area contributed by atoms with Gasteiger partial charge in [-0.15, -0.1) is 0 Å². The fourth-order valence-electron chi connectivity index (χ4n) is 1.93. The van der Waals surface area contributed by atoms with Crippen molar-refractivity contribution in [2.24, 2.45) is 11.3 Å². The Kier molecular flexibility index (Phi) is 2.94. The van der Waals surface area contributed by atoms with Crippen molar-refractivity contribution in [3.8, 4) is 0 Å². The van der Waals surface area contributed by atoms with E-state index in [0.717, 1.165) is 24.8 Å². The van der Waals surface area contributed by atoms with Crippen molar-refractivity contribution in [2.75, 3.05) is 0 Å². The van der Waals surface area contributed by atoms with Gasteiger partial charge in [-0.3, -0.25) is 4.79 Å². The summed E-state index contributed by atoms with van der Waals surface area (Å²) in [7, 11) is 0. The van der Waals surface area contributed by atoms with Crippen LogP contribution in [0.2, 0.25) is 0 Å². The Labute approximate surface area is 81.2 Å². The van der Waals surface area contributed by atoms with Gasteiger partial charge in [-0.1, -0.05) is 40.2 Å². The van der Waals surface area contributed by atoms with Crippen molar-refractivity contribution in [2.45, 2.75) is 47.0 Å². The molecule has 13 heavy (non-hydrogen) atoms. The molecule has 0 heterocycles. The van der Waals surface area contributed by atoms with E-state index in [9.17, 15) is 4.79 Å². The summed E-state index contributed by atoms with van der Waals surface area (Å²) < 4.78 is 0. The second kappa shape index (κ2) is 3.65. The van der Waals surface area contributed by atoms with Crippen molar-refractivity contribution in [3.05, 3.63) is 11.6 Å². The molecule has 1 aliphatic carbocycles. The molecule has 1 atom stereocenters. The predicted octanol–water partition coefficient (Wildman–Crippen LogP) is 3.35. The molecule has 0 aliphatic heterocycles. The topological polar surface area (TPSA) is 17.1 Å². The van der Waals surface area contributed by atoms with Gasteiger partial charge in [0.05, 0.1) is 0 Å². The van der Waals surface area contributed by atoms with Crippen molar-refractivity contribution in [1.82, 2.24) is 0 Å². The van der Waals surface area contributed by atoms with E-state index in [1.807, 2.05) is 0 Å². The van der Waals surface area contributed by atoms with E-state index in [2.05, 4.69) is 33.8 Å². The van der Waals surface area contributed by atoms with E-state index < -0.39 is 0 Å². The summed E-state index contributed by atoms with van der Waals surface area (Å²) in [6.45, 7) is 8.69. The third-order valence-corrected chi connectivity index (χ3v) is 3.36. The number of Topliss-reactive ketones (excluding diaryl/α,β-unsaturated/α-hetero) is 1. The van der Waals surface area contributed by atoms with Crippen LogP contribution in [0.5, 0.6) is 0 Å². The average Bonchev–Trinajstić information content (AvgIpc) is 2.21. The maximum Gasteiger partial charge on any atom is 0.159 e. The molecule has 0 aromatic rings. The van der Waals surface area contributed by atoms with Crippen LogP contribution in [-0.4, -0.2) is 5.78 Å². The van der Waals surface area contributed by atoms with Crippen molar-refractivity contribution >= 4 is 5.78 Å². The number of rotatable bonds is 2. The van der Waals surface area contributed by atoms with E-state index in [4.69, 9.17) is 0 Å². The second-order valence-corrected chi connectivity index (χ2v) is 4.66. The molecule has 1 saturated carbocycles. The monoisotopic (exact) mass is 180 g/mol. The Bertz CT molecular complexity index is 236. The Hall–Kier alpha value is -0.590. The third kappa shape index (κ3) is 1.84. The van der Waals surface area contributed by atoms with Gasteiger partial charge in [0.2, 0.25) is 0 Å². The molecule has 74 valence electrons. The minimum Gasteiger partial charge on any atom is -0.295 e. The summed E-state index contributed by atoms with van der Waals surface area (Å²) in [6.07, 6.45) is 5.05. The lowest BCUT2D eigenvalue weighted by Crippen LogP contribution is -2.17. The highest BCUT2D eigenvalue weighted by atomic mass is 16.1. The first-order chi connectivity index (χ1) is 6.00. The molecule has 0 aromatic heterocycles. The second-order valence-electron chi connectivity index (χ2n) is 4.66. The summed E-state index contributed by atoms with van der Waals surface area (Å²) in [5.74, 6) is 0.869. The highest BCUT2D eigenvalue weighted by molar-refractivity contribution is 5.99. The number of allylic oxidation sites excluding steroid dienone is 2. The number of hydrogen-bond donors (Lipinski definition) is 0. The van der Waals surface area contributed by atoms with Crippen LogP contribution in [0.15, 0.2) is 11.6 Å². The molecule has 0 amide bonds. The molecule has 1 aliphatic rings. The Morgan fingerprint density at radius 3 is 2.54 bits per heavy atom. The lowest BCUT2D eigenvalue weighted by Gasteiger charge is -2.24. The van der Waals surface area contributed by atoms with Gasteiger partial charge in [-0.05, 0) is 23.3 Å². The first kappa shape index (κ1) is 10.5. The lowest BCUT2D eigenvalue weighted by atomic mass is 9.79. The summed E-state index contributed by atoms with van der Waals surface area (Å²) in [5, 5.41) is 0. The third-order valence-electron chi connectivity index (χ3n) is 3.36. The van der Waals surface area contributed by atoms with Crippen LogP contribution in [0.1, 0.15) is 47.0 Å². The van der Waals surface area contributed by atoms with Crippen LogP contribution < -0.4 is 0 Å². The van der Waals surface area contributed by atoms with Crippen LogP contribution in [-0.2, 0) is 4.79 Å². The molecule has 0 radical (unpaired) electrons. The zero-order valence-electron chi connectivity index (χ0n) is 9.18. The van der Waals surface area contributed by atoms with Crippen LogP contribution >= 0.6 is 0 Å². The zero-order valence-corrected chi connectivity index (χ0v) is 9.18. The van der Waals surface area contributed by atoms with E-state index in [1.54, 1.807) is 0 Å². The number of unbranched alkanes of at least 4 members (excludes halogenated alkanes) is 1. The molecule has 0 spiro atoms. The molecule has 0 saturated heterocycles. The molecular weight excluding hydrogens is 160 g/mol. The van der Waals surface area contributed by atoms with Gasteiger partial charge in [-0.2, -0.15) is 0 Å². The number of ketones is 1. The fourth-order valence-corrected chi connectivity index (χ4v) is 1.93. The number of carbonyl (C=O) groups excluding carboxylic acids is 1. The van der Waals surface area contributed by atoms with Crippen LogP contribution in [0.25, 0.3) is 0 Å². The van der Waals surface area contributed by atoms with E-state index in [1.165, 1.54) is 0 Å². The Balaban J connectivity index is 2.88. The van der Waals surface area contributed by atoms with Crippen LogP contribution in [0.3, 0.4) is 0 Å². The van der Waals surface area contributed by atoms with Crippen molar-refractivity contribution in [1.29, 1.82) is 0 Å². The fraction of sp³-hybridized carbons (Fsp3) is 0.750. The predicted molar refractivity (Wildman–Crippen MR) is 55.6 cm³/mol. The van der Waals surface area contributed by atoms with Gasteiger partial charge in [0.25, 0.3) is 0 Å². The van der Waals surface area contributed by atoms with Crippen LogP contribution in [0, 0.1) is 11.3 Å². The lowest BCUT2D eigenvalue weighted by molar-refractivity contribution is -0.114. The van der Waals surface area contributed by atoms with Crippen molar-refractivity contribution in [3.63, 3.8) is 0 Å². The molecule has 0 N–H and O–H groups in total. The minimum atomic E-state index is 0.103. The molecule has 1 fully saturated rings.